The number of benzene rings is 1. The normalized spacial score (nSPS) is 10.7. The third-order valence-corrected chi connectivity index (χ3v) is 2.43. The number of nitrogens with one attached hydrogen (secondary N) is 1. The molecule has 0 saturated heterocycles. The predicted octanol–water partition coefficient (Wildman–Crippen LogP) is 2.62. The van der Waals surface area contributed by atoms with Crippen LogP contribution >= 0.6 is 0 Å². The molecule has 0 bridgehead atoms. The molecular formula is C12H9N3. The van der Waals surface area contributed by atoms with Crippen molar-refractivity contribution in [2.45, 2.75) is 0 Å². The van der Waals surface area contributed by atoms with Crippen molar-refractivity contribution in [3.05, 3.63) is 49.1 Å². The van der Waals surface area contributed by atoms with Gasteiger partial charge in [0.1, 0.15) is 0 Å². The van der Waals surface area contributed by atoms with Gasteiger partial charge < -0.3 is 4.98 Å². The highest BCUT2D eigenvalue weighted by molar-refractivity contribution is 5.81. The van der Waals surface area contributed by atoms with Crippen molar-refractivity contribution < 1.29 is 0 Å². The Labute approximate surface area is 86.8 Å². The lowest BCUT2D eigenvalue weighted by Crippen LogP contribution is -1.78. The number of aromatic amines is 1. The highest BCUT2D eigenvalue weighted by Gasteiger charge is 1.99. The summed E-state index contributed by atoms with van der Waals surface area (Å²) >= 11 is 0. The van der Waals surface area contributed by atoms with Gasteiger partial charge in [0.2, 0.25) is 0 Å². The quantitative estimate of drug-likeness (QED) is 0.648. The molecule has 2 heterocycles. The van der Waals surface area contributed by atoms with Crippen LogP contribution in [0.2, 0.25) is 0 Å². The summed E-state index contributed by atoms with van der Waals surface area (Å²) in [5.74, 6) is 0. The van der Waals surface area contributed by atoms with Gasteiger partial charge in [-0.1, -0.05) is 6.07 Å². The van der Waals surface area contributed by atoms with Gasteiger partial charge in [-0.05, 0) is 35.4 Å². The van der Waals surface area contributed by atoms with Crippen LogP contribution in [0.1, 0.15) is 0 Å². The lowest BCUT2D eigenvalue weighted by Gasteiger charge is -2.00. The number of imidazole rings is 1. The Kier molecular flexibility index (Phi) is 1.75. The molecule has 0 saturated carbocycles. The maximum Gasteiger partial charge on any atom is 0.0931 e. The van der Waals surface area contributed by atoms with E-state index in [1.54, 1.807) is 18.7 Å². The van der Waals surface area contributed by atoms with Gasteiger partial charge in [-0.15, -0.1) is 0 Å². The van der Waals surface area contributed by atoms with Gasteiger partial charge in [0.05, 0.1) is 17.4 Å². The first-order valence-electron chi connectivity index (χ1n) is 4.77. The van der Waals surface area contributed by atoms with Crippen LogP contribution in [0.3, 0.4) is 0 Å². The van der Waals surface area contributed by atoms with Gasteiger partial charge in [0.15, 0.2) is 0 Å². The van der Waals surface area contributed by atoms with Crippen LogP contribution in [-0.2, 0) is 0 Å². The minimum absolute atomic E-state index is 0.993. The Hall–Kier alpha value is -2.16. The van der Waals surface area contributed by atoms with Crippen LogP contribution in [-0.4, -0.2) is 15.0 Å². The first-order valence-corrected chi connectivity index (χ1v) is 4.77. The van der Waals surface area contributed by atoms with Gasteiger partial charge in [-0.25, -0.2) is 4.98 Å². The van der Waals surface area contributed by atoms with Crippen LogP contribution in [0, 0.1) is 0 Å². The first kappa shape index (κ1) is 8.17. The predicted molar refractivity (Wildman–Crippen MR) is 59.3 cm³/mol. The van der Waals surface area contributed by atoms with E-state index in [0.29, 0.717) is 0 Å². The van der Waals surface area contributed by atoms with E-state index in [1.165, 1.54) is 11.1 Å². The lowest BCUT2D eigenvalue weighted by molar-refractivity contribution is 1.33. The molecule has 15 heavy (non-hydrogen) atoms. The van der Waals surface area contributed by atoms with Crippen LogP contribution < -0.4 is 0 Å². The summed E-state index contributed by atoms with van der Waals surface area (Å²) in [5.41, 5.74) is 4.40. The second-order valence-corrected chi connectivity index (χ2v) is 3.37. The Bertz CT molecular complexity index is 584. The van der Waals surface area contributed by atoms with Crippen molar-refractivity contribution in [1.29, 1.82) is 0 Å². The zero-order chi connectivity index (χ0) is 10.1. The molecule has 0 spiro atoms. The number of aromatic nitrogens is 3. The third-order valence-electron chi connectivity index (χ3n) is 2.43. The fourth-order valence-electron chi connectivity index (χ4n) is 1.66. The largest absolute Gasteiger partial charge is 0.345 e. The van der Waals surface area contributed by atoms with E-state index in [0.717, 1.165) is 11.0 Å². The number of fused-ring (bicyclic) bond motifs is 1. The molecule has 0 atom stereocenters. The molecular weight excluding hydrogens is 186 g/mol. The summed E-state index contributed by atoms with van der Waals surface area (Å²) < 4.78 is 0. The van der Waals surface area contributed by atoms with Crippen LogP contribution in [0.15, 0.2) is 49.1 Å². The molecule has 0 aliphatic carbocycles. The highest BCUT2D eigenvalue weighted by atomic mass is 14.9. The van der Waals surface area contributed by atoms with Gasteiger partial charge in [0.25, 0.3) is 0 Å². The van der Waals surface area contributed by atoms with E-state index in [2.05, 4.69) is 27.1 Å². The summed E-state index contributed by atoms with van der Waals surface area (Å²) in [7, 11) is 0. The number of pyridine rings is 1. The molecule has 1 N–H and O–H groups in total. The van der Waals surface area contributed by atoms with Gasteiger partial charge in [-0.2, -0.15) is 0 Å². The van der Waals surface area contributed by atoms with Gasteiger partial charge >= 0.3 is 0 Å². The molecule has 3 nitrogen and oxygen atoms in total. The lowest BCUT2D eigenvalue weighted by atomic mass is 10.1. The van der Waals surface area contributed by atoms with E-state index >= 15 is 0 Å². The second kappa shape index (κ2) is 3.20. The molecule has 3 aromatic rings. The molecule has 0 fully saturated rings. The molecule has 2 aromatic heterocycles. The number of nitrogens with zero attached hydrogens (tertiary/aromatic N) is 2. The molecule has 3 heteroatoms. The van der Waals surface area contributed by atoms with Crippen LogP contribution in [0.4, 0.5) is 0 Å². The Morgan fingerprint density at radius 2 is 1.80 bits per heavy atom. The zero-order valence-electron chi connectivity index (χ0n) is 8.01. The molecule has 0 unspecified atom stereocenters. The fourth-order valence-corrected chi connectivity index (χ4v) is 1.66. The smallest absolute Gasteiger partial charge is 0.0931 e. The SMILES string of the molecule is c1cc(-c2ccc3nc[nH]c3c2)ccn1. The summed E-state index contributed by atoms with van der Waals surface area (Å²) in [5, 5.41) is 0. The number of rotatable bonds is 1. The van der Waals surface area contributed by atoms with Gasteiger partial charge in [0, 0.05) is 12.4 Å². The zero-order valence-corrected chi connectivity index (χ0v) is 8.01. The minimum atomic E-state index is 0.993. The van der Waals surface area contributed by atoms with E-state index in [9.17, 15) is 0 Å². The average Bonchev–Trinajstić information content (AvgIpc) is 2.77. The first-order chi connectivity index (χ1) is 7.43. The standard InChI is InChI=1S/C12H9N3/c1-2-11-12(15-8-14-11)7-10(1)9-3-5-13-6-4-9/h1-8H,(H,14,15). The molecule has 0 aliphatic rings. The van der Waals surface area contributed by atoms with Crippen molar-refractivity contribution in [2.24, 2.45) is 0 Å². The van der Waals surface area contributed by atoms with Crippen molar-refractivity contribution >= 4 is 11.0 Å². The van der Waals surface area contributed by atoms with Crippen molar-refractivity contribution in [3.8, 4) is 11.1 Å². The van der Waals surface area contributed by atoms with E-state index in [-0.39, 0.29) is 0 Å². The molecule has 72 valence electrons. The summed E-state index contributed by atoms with van der Waals surface area (Å²) in [6, 6.07) is 10.2. The Balaban J connectivity index is 2.19. The van der Waals surface area contributed by atoms with Crippen LogP contribution in [0.5, 0.6) is 0 Å². The monoisotopic (exact) mass is 195 g/mol. The number of H-pyrrole nitrogens is 1. The summed E-state index contributed by atoms with van der Waals surface area (Å²) in [4.78, 5) is 11.3. The van der Waals surface area contributed by atoms with E-state index in [4.69, 9.17) is 0 Å². The van der Waals surface area contributed by atoms with E-state index in [1.807, 2.05) is 18.2 Å². The maximum atomic E-state index is 4.19. The highest BCUT2D eigenvalue weighted by Crippen LogP contribution is 2.21. The van der Waals surface area contributed by atoms with Crippen molar-refractivity contribution in [3.63, 3.8) is 0 Å². The average molecular weight is 195 g/mol. The second-order valence-electron chi connectivity index (χ2n) is 3.37. The third kappa shape index (κ3) is 1.38. The van der Waals surface area contributed by atoms with E-state index < -0.39 is 0 Å². The van der Waals surface area contributed by atoms with Crippen molar-refractivity contribution in [1.82, 2.24) is 15.0 Å². The van der Waals surface area contributed by atoms with Gasteiger partial charge in [-0.3, -0.25) is 4.98 Å². The molecule has 0 radical (unpaired) electrons. The maximum absolute atomic E-state index is 4.19. The number of hydrogen-bond donors (Lipinski definition) is 1. The minimum Gasteiger partial charge on any atom is -0.345 e. The molecule has 0 aliphatic heterocycles. The summed E-state index contributed by atoms with van der Waals surface area (Å²) in [6.07, 6.45) is 5.31. The van der Waals surface area contributed by atoms with Crippen LogP contribution in [0.25, 0.3) is 22.2 Å². The molecule has 0 amide bonds. The Morgan fingerprint density at radius 1 is 0.933 bits per heavy atom. The fraction of sp³-hybridized carbons (Fsp3) is 0. The number of hydrogen-bond acceptors (Lipinski definition) is 2. The molecule has 3 rings (SSSR count). The Morgan fingerprint density at radius 3 is 2.67 bits per heavy atom. The topological polar surface area (TPSA) is 41.6 Å². The summed E-state index contributed by atoms with van der Waals surface area (Å²) in [6.45, 7) is 0. The molecule has 1 aromatic carbocycles. The van der Waals surface area contributed by atoms with Crippen molar-refractivity contribution in [2.75, 3.05) is 0 Å².